The van der Waals surface area contributed by atoms with Gasteiger partial charge in [-0.15, -0.1) is 12.4 Å². The van der Waals surface area contributed by atoms with Gasteiger partial charge in [-0.3, -0.25) is 4.79 Å². The minimum absolute atomic E-state index is 0. The summed E-state index contributed by atoms with van der Waals surface area (Å²) in [6.07, 6.45) is 0.990. The smallest absolute Gasteiger partial charge is 0.233 e. The Hall–Kier alpha value is -1.26. The number of methoxy groups -OCH3 is 1. The van der Waals surface area contributed by atoms with E-state index in [1.54, 1.807) is 7.11 Å². The van der Waals surface area contributed by atoms with Crippen LogP contribution in [0.15, 0.2) is 24.3 Å². The Morgan fingerprint density at radius 1 is 1.41 bits per heavy atom. The van der Waals surface area contributed by atoms with Crippen molar-refractivity contribution in [3.63, 3.8) is 0 Å². The predicted molar refractivity (Wildman–Crippen MR) is 91.6 cm³/mol. The highest BCUT2D eigenvalue weighted by Gasteiger charge is 2.41. The van der Waals surface area contributed by atoms with Crippen molar-refractivity contribution in [3.05, 3.63) is 29.8 Å². The molecular weight excluding hydrogens is 300 g/mol. The van der Waals surface area contributed by atoms with Crippen molar-refractivity contribution in [2.75, 3.05) is 20.2 Å². The van der Waals surface area contributed by atoms with Gasteiger partial charge in [0, 0.05) is 18.2 Å². The van der Waals surface area contributed by atoms with E-state index in [0.717, 1.165) is 24.3 Å². The lowest BCUT2D eigenvalue weighted by Crippen LogP contribution is -2.45. The monoisotopic (exact) mass is 326 g/mol. The standard InChI is InChI=1S/C17H26N2O2.ClH/c1-12-9-13(10-18)11-19(12)16(20)17(2,3)14-7-5-6-8-15(14)21-4;/h5-8,12-13H,9-11,18H2,1-4H3;1H. The van der Waals surface area contributed by atoms with Crippen LogP contribution in [0.1, 0.15) is 32.8 Å². The highest BCUT2D eigenvalue weighted by atomic mass is 35.5. The van der Waals surface area contributed by atoms with Gasteiger partial charge in [-0.25, -0.2) is 0 Å². The van der Waals surface area contributed by atoms with Gasteiger partial charge in [0.25, 0.3) is 0 Å². The fraction of sp³-hybridized carbons (Fsp3) is 0.588. The van der Waals surface area contributed by atoms with Crippen molar-refractivity contribution in [2.45, 2.75) is 38.6 Å². The molecule has 2 atom stereocenters. The van der Waals surface area contributed by atoms with E-state index < -0.39 is 5.41 Å². The largest absolute Gasteiger partial charge is 0.496 e. The number of rotatable bonds is 4. The van der Waals surface area contributed by atoms with Crippen LogP contribution >= 0.6 is 12.4 Å². The van der Waals surface area contributed by atoms with E-state index in [2.05, 4.69) is 6.92 Å². The Bertz CT molecular complexity index is 519. The number of benzene rings is 1. The summed E-state index contributed by atoms with van der Waals surface area (Å²) in [5.41, 5.74) is 6.09. The van der Waals surface area contributed by atoms with Crippen LogP contribution in [0, 0.1) is 5.92 Å². The number of para-hydroxylation sites is 1. The van der Waals surface area contributed by atoms with E-state index in [4.69, 9.17) is 10.5 Å². The van der Waals surface area contributed by atoms with E-state index in [-0.39, 0.29) is 24.4 Å². The maximum atomic E-state index is 13.0. The highest BCUT2D eigenvalue weighted by Crippen LogP contribution is 2.35. The van der Waals surface area contributed by atoms with E-state index in [1.165, 1.54) is 0 Å². The van der Waals surface area contributed by atoms with Crippen LogP contribution in [-0.4, -0.2) is 37.0 Å². The first-order valence-corrected chi connectivity index (χ1v) is 7.56. The third kappa shape index (κ3) is 3.39. The summed E-state index contributed by atoms with van der Waals surface area (Å²) in [5.74, 6) is 1.32. The number of amides is 1. The normalized spacial score (nSPS) is 21.4. The molecule has 0 aromatic heterocycles. The number of likely N-dealkylation sites (tertiary alicyclic amines) is 1. The van der Waals surface area contributed by atoms with Gasteiger partial charge in [0.15, 0.2) is 0 Å². The Morgan fingerprint density at radius 2 is 2.05 bits per heavy atom. The van der Waals surface area contributed by atoms with Gasteiger partial charge in [0.2, 0.25) is 5.91 Å². The molecule has 22 heavy (non-hydrogen) atoms. The lowest BCUT2D eigenvalue weighted by molar-refractivity contribution is -0.137. The Balaban J connectivity index is 0.00000242. The van der Waals surface area contributed by atoms with Crippen LogP contribution in [-0.2, 0) is 10.2 Å². The van der Waals surface area contributed by atoms with Crippen LogP contribution in [0.3, 0.4) is 0 Å². The zero-order valence-electron chi connectivity index (χ0n) is 13.8. The van der Waals surface area contributed by atoms with E-state index in [9.17, 15) is 4.79 Å². The second-order valence-electron chi connectivity index (χ2n) is 6.47. The number of carbonyl (C=O) groups is 1. The summed E-state index contributed by atoms with van der Waals surface area (Å²) in [6, 6.07) is 7.99. The molecule has 5 heteroatoms. The fourth-order valence-electron chi connectivity index (χ4n) is 3.23. The maximum Gasteiger partial charge on any atom is 0.233 e. The lowest BCUT2D eigenvalue weighted by atomic mass is 9.82. The van der Waals surface area contributed by atoms with Crippen molar-refractivity contribution < 1.29 is 9.53 Å². The Kier molecular flexibility index (Phi) is 6.27. The first-order valence-electron chi connectivity index (χ1n) is 7.56. The Morgan fingerprint density at radius 3 is 2.59 bits per heavy atom. The molecule has 1 fully saturated rings. The third-order valence-electron chi connectivity index (χ3n) is 4.57. The number of hydrogen-bond donors (Lipinski definition) is 1. The number of ether oxygens (including phenoxy) is 1. The highest BCUT2D eigenvalue weighted by molar-refractivity contribution is 5.88. The number of halogens is 1. The molecule has 1 aliphatic rings. The molecule has 4 nitrogen and oxygen atoms in total. The van der Waals surface area contributed by atoms with Crippen molar-refractivity contribution in [1.82, 2.24) is 4.90 Å². The SMILES string of the molecule is COc1ccccc1C(C)(C)C(=O)N1CC(CN)CC1C.Cl. The molecule has 0 saturated carbocycles. The second-order valence-corrected chi connectivity index (χ2v) is 6.47. The van der Waals surface area contributed by atoms with Crippen molar-refractivity contribution in [2.24, 2.45) is 11.7 Å². The molecule has 1 aromatic rings. The van der Waals surface area contributed by atoms with Gasteiger partial charge >= 0.3 is 0 Å². The van der Waals surface area contributed by atoms with E-state index in [0.29, 0.717) is 12.5 Å². The summed E-state index contributed by atoms with van der Waals surface area (Å²) >= 11 is 0. The number of hydrogen-bond acceptors (Lipinski definition) is 3. The fourth-order valence-corrected chi connectivity index (χ4v) is 3.23. The molecule has 2 rings (SSSR count). The van der Waals surface area contributed by atoms with Gasteiger partial charge in [0.1, 0.15) is 5.75 Å². The summed E-state index contributed by atoms with van der Waals surface area (Å²) < 4.78 is 5.42. The van der Waals surface area contributed by atoms with Crippen LogP contribution in [0.4, 0.5) is 0 Å². The molecule has 1 aliphatic heterocycles. The quantitative estimate of drug-likeness (QED) is 0.925. The van der Waals surface area contributed by atoms with Crippen LogP contribution in [0.25, 0.3) is 0 Å². The van der Waals surface area contributed by atoms with Gasteiger partial charge in [-0.05, 0) is 45.7 Å². The Labute approximate surface area is 139 Å². The zero-order valence-corrected chi connectivity index (χ0v) is 14.7. The molecule has 1 amide bonds. The molecule has 0 aliphatic carbocycles. The summed E-state index contributed by atoms with van der Waals surface area (Å²) in [4.78, 5) is 15.0. The van der Waals surface area contributed by atoms with Gasteiger partial charge in [-0.2, -0.15) is 0 Å². The van der Waals surface area contributed by atoms with Crippen molar-refractivity contribution >= 4 is 18.3 Å². The molecule has 0 bridgehead atoms. The minimum atomic E-state index is -0.607. The molecule has 1 aromatic carbocycles. The van der Waals surface area contributed by atoms with Gasteiger partial charge in [0.05, 0.1) is 12.5 Å². The molecule has 0 spiro atoms. The van der Waals surface area contributed by atoms with Crippen LogP contribution < -0.4 is 10.5 Å². The van der Waals surface area contributed by atoms with Crippen LogP contribution in [0.5, 0.6) is 5.75 Å². The molecule has 124 valence electrons. The van der Waals surface area contributed by atoms with Gasteiger partial charge < -0.3 is 15.4 Å². The molecule has 0 radical (unpaired) electrons. The lowest BCUT2D eigenvalue weighted by Gasteiger charge is -2.33. The summed E-state index contributed by atoms with van der Waals surface area (Å²) in [6.45, 7) is 7.44. The average Bonchev–Trinajstić information content (AvgIpc) is 2.87. The summed E-state index contributed by atoms with van der Waals surface area (Å²) in [5, 5.41) is 0. The maximum absolute atomic E-state index is 13.0. The molecule has 1 heterocycles. The number of nitrogens with zero attached hydrogens (tertiary/aromatic N) is 1. The predicted octanol–water partition coefficient (Wildman–Crippen LogP) is 2.59. The molecule has 1 saturated heterocycles. The first kappa shape index (κ1) is 18.8. The summed E-state index contributed by atoms with van der Waals surface area (Å²) in [7, 11) is 1.64. The second kappa shape index (κ2) is 7.34. The molecular formula is C17H27ClN2O2. The van der Waals surface area contributed by atoms with Crippen molar-refractivity contribution in [3.8, 4) is 5.75 Å². The number of nitrogens with two attached hydrogens (primary N) is 1. The van der Waals surface area contributed by atoms with Crippen molar-refractivity contribution in [1.29, 1.82) is 0 Å². The van der Waals surface area contributed by atoms with E-state index >= 15 is 0 Å². The topological polar surface area (TPSA) is 55.6 Å². The number of carbonyl (C=O) groups excluding carboxylic acids is 1. The molecule has 2 N–H and O–H groups in total. The average molecular weight is 327 g/mol. The van der Waals surface area contributed by atoms with Crippen LogP contribution in [0.2, 0.25) is 0 Å². The zero-order chi connectivity index (χ0) is 15.6. The van der Waals surface area contributed by atoms with E-state index in [1.807, 2.05) is 43.0 Å². The minimum Gasteiger partial charge on any atom is -0.496 e. The first-order chi connectivity index (χ1) is 9.91. The molecule has 2 unspecified atom stereocenters. The van der Waals surface area contributed by atoms with Gasteiger partial charge in [-0.1, -0.05) is 18.2 Å². The third-order valence-corrected chi connectivity index (χ3v) is 4.57.